The van der Waals surface area contributed by atoms with E-state index >= 15 is 0 Å². The Bertz CT molecular complexity index is 833. The van der Waals surface area contributed by atoms with Crippen LogP contribution in [-0.2, 0) is 9.53 Å². The molecule has 0 aromatic carbocycles. The number of aliphatic hydroxyl groups excluding tert-OH is 1. The Morgan fingerprint density at radius 3 is 2.64 bits per heavy atom. The van der Waals surface area contributed by atoms with Gasteiger partial charge in [-0.05, 0) is 97.7 Å². The molecule has 3 unspecified atom stereocenters. The summed E-state index contributed by atoms with van der Waals surface area (Å²) in [5.41, 5.74) is 2.44. The van der Waals surface area contributed by atoms with Gasteiger partial charge in [0.1, 0.15) is 12.4 Å². The van der Waals surface area contributed by atoms with E-state index < -0.39 is 0 Å². The summed E-state index contributed by atoms with van der Waals surface area (Å²) in [7, 11) is 0. The first kappa shape index (κ1) is 27.7. The summed E-state index contributed by atoms with van der Waals surface area (Å²) in [4.78, 5) is 12.0. The lowest BCUT2D eigenvalue weighted by Gasteiger charge is -2.58. The molecule has 204 valence electrons. The topological polar surface area (TPSA) is 58.6 Å². The van der Waals surface area contributed by atoms with Crippen LogP contribution in [0.4, 0.5) is 0 Å². The lowest BCUT2D eigenvalue weighted by molar-refractivity contribution is -0.128. The van der Waals surface area contributed by atoms with Crippen LogP contribution in [-0.4, -0.2) is 30.3 Å². The maximum Gasteiger partial charge on any atom is 0.246 e. The minimum atomic E-state index is -0.183. The minimum Gasteiger partial charge on any atom is -0.511 e. The van der Waals surface area contributed by atoms with E-state index in [-0.39, 0.29) is 30.9 Å². The Morgan fingerprint density at radius 1 is 1.14 bits per heavy atom. The summed E-state index contributed by atoms with van der Waals surface area (Å²) in [6.07, 6.45) is 17.0. The molecule has 4 rings (SSSR count). The second-order valence-corrected chi connectivity index (χ2v) is 13.8. The van der Waals surface area contributed by atoms with Gasteiger partial charge < -0.3 is 15.2 Å². The van der Waals surface area contributed by atoms with Crippen molar-refractivity contribution in [2.75, 3.05) is 13.2 Å². The average Bonchev–Trinajstić information content (AvgIpc) is 3.18. The summed E-state index contributed by atoms with van der Waals surface area (Å²) in [5, 5.41) is 11.8. The zero-order valence-electron chi connectivity index (χ0n) is 23.8. The molecule has 0 heterocycles. The molecule has 4 heteroatoms. The number of amides is 1. The van der Waals surface area contributed by atoms with E-state index in [4.69, 9.17) is 4.74 Å². The fourth-order valence-electron chi connectivity index (χ4n) is 9.24. The third kappa shape index (κ3) is 5.59. The quantitative estimate of drug-likeness (QED) is 0.240. The van der Waals surface area contributed by atoms with Crippen molar-refractivity contribution in [3.05, 3.63) is 24.0 Å². The van der Waals surface area contributed by atoms with E-state index in [2.05, 4.69) is 52.6 Å². The van der Waals surface area contributed by atoms with Crippen LogP contribution in [0, 0.1) is 46.3 Å². The molecule has 3 fully saturated rings. The Kier molecular flexibility index (Phi) is 8.64. The van der Waals surface area contributed by atoms with Gasteiger partial charge >= 0.3 is 0 Å². The third-order valence-corrected chi connectivity index (χ3v) is 11.2. The molecule has 4 aliphatic carbocycles. The van der Waals surface area contributed by atoms with Gasteiger partial charge in [0.2, 0.25) is 5.91 Å². The molecule has 36 heavy (non-hydrogen) atoms. The van der Waals surface area contributed by atoms with E-state index in [0.29, 0.717) is 10.8 Å². The maximum atomic E-state index is 12.0. The van der Waals surface area contributed by atoms with E-state index in [1.165, 1.54) is 57.8 Å². The van der Waals surface area contributed by atoms with Crippen LogP contribution >= 0.6 is 0 Å². The second-order valence-electron chi connectivity index (χ2n) is 13.8. The molecule has 1 amide bonds. The molecule has 0 radical (unpaired) electrons. The molecule has 4 aliphatic rings. The van der Waals surface area contributed by atoms with E-state index in [1.807, 2.05) is 0 Å². The average molecular weight is 500 g/mol. The SMILES string of the molecule is C=C(O)CNC(=O)CO[C@H]1CC[C@@]2(C)C(=CCC3C2CC[C@@]2(C)C3CC[C@@H]2[C@H](C)CCCC(C)C)C1. The largest absolute Gasteiger partial charge is 0.511 e. The van der Waals surface area contributed by atoms with Crippen molar-refractivity contribution in [1.82, 2.24) is 5.32 Å². The van der Waals surface area contributed by atoms with Crippen molar-refractivity contribution in [3.8, 4) is 0 Å². The van der Waals surface area contributed by atoms with Gasteiger partial charge in [-0.1, -0.05) is 72.1 Å². The van der Waals surface area contributed by atoms with Crippen LogP contribution in [0.15, 0.2) is 24.0 Å². The van der Waals surface area contributed by atoms with Gasteiger partial charge in [0, 0.05) is 0 Å². The molecule has 0 aliphatic heterocycles. The predicted molar refractivity (Wildman–Crippen MR) is 148 cm³/mol. The lowest BCUT2D eigenvalue weighted by Crippen LogP contribution is -2.51. The molecule has 2 N–H and O–H groups in total. The minimum absolute atomic E-state index is 0.0311. The number of ether oxygens (including phenoxy) is 1. The second kappa shape index (κ2) is 11.2. The monoisotopic (exact) mass is 499 g/mol. The van der Waals surface area contributed by atoms with Crippen molar-refractivity contribution in [3.63, 3.8) is 0 Å². The zero-order valence-corrected chi connectivity index (χ0v) is 23.8. The number of aliphatic hydroxyl groups is 1. The van der Waals surface area contributed by atoms with Crippen molar-refractivity contribution < 1.29 is 14.6 Å². The molecule has 0 aromatic heterocycles. The maximum absolute atomic E-state index is 12.0. The van der Waals surface area contributed by atoms with Crippen LogP contribution < -0.4 is 5.32 Å². The Labute approximate surface area is 220 Å². The lowest BCUT2D eigenvalue weighted by atomic mass is 9.47. The summed E-state index contributed by atoms with van der Waals surface area (Å²) in [5.74, 6) is 4.93. The summed E-state index contributed by atoms with van der Waals surface area (Å²) in [6, 6.07) is 0. The Balaban J connectivity index is 1.37. The van der Waals surface area contributed by atoms with Crippen molar-refractivity contribution >= 4 is 5.91 Å². The van der Waals surface area contributed by atoms with Crippen LogP contribution in [0.25, 0.3) is 0 Å². The highest BCUT2D eigenvalue weighted by molar-refractivity contribution is 5.77. The van der Waals surface area contributed by atoms with E-state index in [1.54, 1.807) is 5.57 Å². The molecule has 8 atom stereocenters. The Morgan fingerprint density at radius 2 is 1.92 bits per heavy atom. The van der Waals surface area contributed by atoms with Crippen molar-refractivity contribution in [2.24, 2.45) is 46.3 Å². The van der Waals surface area contributed by atoms with Gasteiger partial charge in [-0.2, -0.15) is 0 Å². The fourth-order valence-corrected chi connectivity index (χ4v) is 9.24. The van der Waals surface area contributed by atoms with Gasteiger partial charge in [-0.3, -0.25) is 4.79 Å². The van der Waals surface area contributed by atoms with Gasteiger partial charge in [-0.15, -0.1) is 0 Å². The molecule has 3 saturated carbocycles. The molecule has 0 bridgehead atoms. The molecular weight excluding hydrogens is 446 g/mol. The zero-order chi connectivity index (χ0) is 26.1. The summed E-state index contributed by atoms with van der Waals surface area (Å²) >= 11 is 0. The first-order chi connectivity index (χ1) is 17.0. The van der Waals surface area contributed by atoms with Crippen LogP contribution in [0.1, 0.15) is 105 Å². The molecular formula is C32H53NO3. The Hall–Kier alpha value is -1.29. The first-order valence-corrected chi connectivity index (χ1v) is 15.0. The number of hydrogen-bond acceptors (Lipinski definition) is 3. The third-order valence-electron chi connectivity index (χ3n) is 11.2. The molecule has 0 spiro atoms. The summed E-state index contributed by atoms with van der Waals surface area (Å²) in [6.45, 7) is 16.1. The predicted octanol–water partition coefficient (Wildman–Crippen LogP) is 7.60. The normalized spacial score (nSPS) is 38.5. The molecule has 0 aromatic rings. The molecule has 0 saturated heterocycles. The van der Waals surface area contributed by atoms with E-state index in [0.717, 1.165) is 48.3 Å². The number of nitrogens with one attached hydrogen (secondary N) is 1. The highest BCUT2D eigenvalue weighted by Gasteiger charge is 2.59. The van der Waals surface area contributed by atoms with Crippen LogP contribution in [0.5, 0.6) is 0 Å². The highest BCUT2D eigenvalue weighted by atomic mass is 16.5. The van der Waals surface area contributed by atoms with Crippen LogP contribution in [0.3, 0.4) is 0 Å². The van der Waals surface area contributed by atoms with E-state index in [9.17, 15) is 9.90 Å². The number of carbonyl (C=O) groups is 1. The first-order valence-electron chi connectivity index (χ1n) is 15.0. The molecule has 4 nitrogen and oxygen atoms in total. The number of fused-ring (bicyclic) bond motifs is 5. The smallest absolute Gasteiger partial charge is 0.246 e. The number of hydrogen-bond donors (Lipinski definition) is 2. The number of rotatable bonds is 10. The standard InChI is InChI=1S/C32H53NO3/c1-21(2)8-7-9-22(3)27-12-13-28-26-11-10-24-18-25(36-20-30(35)33-19-23(4)34)14-16-31(24,5)29(26)15-17-32(27,28)6/h10,21-22,25-29,34H,4,7-9,11-20H2,1-3,5-6H3,(H,33,35)/t22-,25+,26?,27-,28?,29?,31+,32-/m1/s1. The van der Waals surface area contributed by atoms with Gasteiger partial charge in [-0.25, -0.2) is 0 Å². The number of carbonyl (C=O) groups excluding carboxylic acids is 1. The van der Waals surface area contributed by atoms with Crippen LogP contribution in [0.2, 0.25) is 0 Å². The highest BCUT2D eigenvalue weighted by Crippen LogP contribution is 2.67. The van der Waals surface area contributed by atoms with Gasteiger partial charge in [0.15, 0.2) is 0 Å². The number of allylic oxidation sites excluding steroid dienone is 1. The summed E-state index contributed by atoms with van der Waals surface area (Å²) < 4.78 is 6.02. The van der Waals surface area contributed by atoms with Crippen molar-refractivity contribution in [2.45, 2.75) is 111 Å². The van der Waals surface area contributed by atoms with Gasteiger partial charge in [0.05, 0.1) is 12.6 Å². The van der Waals surface area contributed by atoms with Crippen molar-refractivity contribution in [1.29, 1.82) is 0 Å². The fraction of sp³-hybridized carbons (Fsp3) is 0.844. The van der Waals surface area contributed by atoms with Gasteiger partial charge in [0.25, 0.3) is 0 Å².